The standard InChI is InChI=1S/C17H18N2O4/c1-2-9-18-17(22)19-15(20)11-23-16(21)14-8-7-12-5-3-4-6-13(12)10-14/h3-8,10H,2,9,11H2,1H3,(H2,18,19,20,22). The van der Waals surface area contributed by atoms with Crippen LogP contribution < -0.4 is 10.6 Å². The van der Waals surface area contributed by atoms with Crippen molar-refractivity contribution in [3.8, 4) is 0 Å². The minimum Gasteiger partial charge on any atom is -0.452 e. The summed E-state index contributed by atoms with van der Waals surface area (Å²) in [6.07, 6.45) is 0.762. The molecule has 0 spiro atoms. The molecular formula is C17H18N2O4. The number of urea groups is 1. The van der Waals surface area contributed by atoms with E-state index in [0.717, 1.165) is 17.2 Å². The van der Waals surface area contributed by atoms with Crippen molar-refractivity contribution in [1.29, 1.82) is 0 Å². The molecule has 120 valence electrons. The third kappa shape index (κ3) is 4.81. The average Bonchev–Trinajstić information content (AvgIpc) is 2.57. The normalized spacial score (nSPS) is 10.1. The lowest BCUT2D eigenvalue weighted by atomic mass is 10.1. The van der Waals surface area contributed by atoms with Crippen LogP contribution in [0.25, 0.3) is 10.8 Å². The van der Waals surface area contributed by atoms with Gasteiger partial charge in [-0.1, -0.05) is 37.3 Å². The fraction of sp³-hybridized carbons (Fsp3) is 0.235. The highest BCUT2D eigenvalue weighted by Crippen LogP contribution is 2.16. The SMILES string of the molecule is CCCNC(=O)NC(=O)COC(=O)c1ccc2ccccc2c1. The van der Waals surface area contributed by atoms with Gasteiger partial charge in [-0.15, -0.1) is 0 Å². The minimum atomic E-state index is -0.673. The second-order valence-corrected chi connectivity index (χ2v) is 4.94. The van der Waals surface area contributed by atoms with Crippen LogP contribution in [-0.2, 0) is 9.53 Å². The van der Waals surface area contributed by atoms with Gasteiger partial charge in [0.25, 0.3) is 5.91 Å². The van der Waals surface area contributed by atoms with Crippen LogP contribution in [0.2, 0.25) is 0 Å². The number of carbonyl (C=O) groups excluding carboxylic acids is 3. The summed E-state index contributed by atoms with van der Waals surface area (Å²) in [5.41, 5.74) is 0.354. The number of amides is 3. The summed E-state index contributed by atoms with van der Waals surface area (Å²) in [5.74, 6) is -1.28. The van der Waals surface area contributed by atoms with Crippen molar-refractivity contribution < 1.29 is 19.1 Å². The summed E-state index contributed by atoms with van der Waals surface area (Å²) in [7, 11) is 0. The predicted octanol–water partition coefficient (Wildman–Crippen LogP) is 2.23. The van der Waals surface area contributed by atoms with Crippen LogP contribution in [0.4, 0.5) is 4.79 Å². The summed E-state index contributed by atoms with van der Waals surface area (Å²) in [6.45, 7) is 1.86. The number of carbonyl (C=O) groups is 3. The van der Waals surface area contributed by atoms with Gasteiger partial charge in [0, 0.05) is 6.54 Å². The van der Waals surface area contributed by atoms with Gasteiger partial charge >= 0.3 is 12.0 Å². The van der Waals surface area contributed by atoms with Gasteiger partial charge in [0.15, 0.2) is 6.61 Å². The lowest BCUT2D eigenvalue weighted by molar-refractivity contribution is -0.123. The van der Waals surface area contributed by atoms with Crippen molar-refractivity contribution in [3.63, 3.8) is 0 Å². The van der Waals surface area contributed by atoms with Gasteiger partial charge in [0.2, 0.25) is 0 Å². The van der Waals surface area contributed by atoms with E-state index < -0.39 is 24.5 Å². The van der Waals surface area contributed by atoms with Crippen LogP contribution >= 0.6 is 0 Å². The molecule has 6 nitrogen and oxygen atoms in total. The largest absolute Gasteiger partial charge is 0.452 e. The molecule has 0 bridgehead atoms. The van der Waals surface area contributed by atoms with Crippen LogP contribution in [-0.4, -0.2) is 31.1 Å². The fourth-order valence-electron chi connectivity index (χ4n) is 1.98. The van der Waals surface area contributed by atoms with Gasteiger partial charge in [0.05, 0.1) is 5.56 Å². The van der Waals surface area contributed by atoms with Crippen LogP contribution in [0.1, 0.15) is 23.7 Å². The van der Waals surface area contributed by atoms with Gasteiger partial charge in [-0.25, -0.2) is 9.59 Å². The number of benzene rings is 2. The van der Waals surface area contributed by atoms with Crippen LogP contribution in [0.15, 0.2) is 42.5 Å². The second-order valence-electron chi connectivity index (χ2n) is 4.94. The van der Waals surface area contributed by atoms with E-state index in [9.17, 15) is 14.4 Å². The maximum Gasteiger partial charge on any atom is 0.338 e. The topological polar surface area (TPSA) is 84.5 Å². The first-order chi connectivity index (χ1) is 11.1. The number of rotatable bonds is 5. The zero-order valence-corrected chi connectivity index (χ0v) is 12.8. The second kappa shape index (κ2) is 7.93. The lowest BCUT2D eigenvalue weighted by Gasteiger charge is -2.07. The van der Waals surface area contributed by atoms with Crippen molar-refractivity contribution in [1.82, 2.24) is 10.6 Å². The summed E-state index contributed by atoms with van der Waals surface area (Å²) in [6, 6.07) is 12.2. The number of hydrogen-bond donors (Lipinski definition) is 2. The van der Waals surface area contributed by atoms with Crippen molar-refractivity contribution in [3.05, 3.63) is 48.0 Å². The fourth-order valence-corrected chi connectivity index (χ4v) is 1.98. The Balaban J connectivity index is 1.88. The Morgan fingerprint density at radius 3 is 2.52 bits per heavy atom. The van der Waals surface area contributed by atoms with Crippen molar-refractivity contribution in [2.24, 2.45) is 0 Å². The number of nitrogens with one attached hydrogen (secondary N) is 2. The van der Waals surface area contributed by atoms with Gasteiger partial charge in [-0.3, -0.25) is 10.1 Å². The van der Waals surface area contributed by atoms with E-state index in [2.05, 4.69) is 10.6 Å². The molecule has 0 saturated carbocycles. The lowest BCUT2D eigenvalue weighted by Crippen LogP contribution is -2.41. The first-order valence-electron chi connectivity index (χ1n) is 7.33. The summed E-state index contributed by atoms with van der Waals surface area (Å²) < 4.78 is 4.91. The zero-order chi connectivity index (χ0) is 16.7. The predicted molar refractivity (Wildman–Crippen MR) is 86.1 cm³/mol. The maximum atomic E-state index is 11.9. The Kier molecular flexibility index (Phi) is 5.68. The quantitative estimate of drug-likeness (QED) is 0.829. The van der Waals surface area contributed by atoms with Crippen molar-refractivity contribution in [2.75, 3.05) is 13.2 Å². The molecule has 0 aliphatic carbocycles. The molecule has 2 aromatic rings. The van der Waals surface area contributed by atoms with E-state index in [1.54, 1.807) is 12.1 Å². The molecule has 2 rings (SSSR count). The maximum absolute atomic E-state index is 11.9. The number of hydrogen-bond acceptors (Lipinski definition) is 4. The molecule has 2 aromatic carbocycles. The van der Waals surface area contributed by atoms with E-state index in [4.69, 9.17) is 4.74 Å². The number of fused-ring (bicyclic) bond motifs is 1. The molecule has 3 amide bonds. The van der Waals surface area contributed by atoms with Gasteiger partial charge in [0.1, 0.15) is 0 Å². The van der Waals surface area contributed by atoms with Crippen LogP contribution in [0.5, 0.6) is 0 Å². The highest BCUT2D eigenvalue weighted by atomic mass is 16.5. The van der Waals surface area contributed by atoms with Gasteiger partial charge < -0.3 is 10.1 Å². The zero-order valence-electron chi connectivity index (χ0n) is 12.8. The Morgan fingerprint density at radius 2 is 1.78 bits per heavy atom. The third-order valence-electron chi connectivity index (χ3n) is 3.11. The molecule has 0 radical (unpaired) electrons. The third-order valence-corrected chi connectivity index (χ3v) is 3.11. The first kappa shape index (κ1) is 16.5. The Bertz CT molecular complexity index is 727. The first-order valence-corrected chi connectivity index (χ1v) is 7.33. The number of ether oxygens (including phenoxy) is 1. The molecule has 6 heteroatoms. The Hall–Kier alpha value is -2.89. The highest BCUT2D eigenvalue weighted by Gasteiger charge is 2.12. The van der Waals surface area contributed by atoms with Crippen LogP contribution in [0, 0.1) is 0 Å². The van der Waals surface area contributed by atoms with Gasteiger partial charge in [-0.05, 0) is 29.3 Å². The molecule has 0 aliphatic heterocycles. The summed E-state index contributed by atoms with van der Waals surface area (Å²) in [4.78, 5) is 34.8. The van der Waals surface area contributed by atoms with Crippen molar-refractivity contribution >= 4 is 28.7 Å². The average molecular weight is 314 g/mol. The molecule has 0 unspecified atom stereocenters. The Morgan fingerprint density at radius 1 is 1.04 bits per heavy atom. The molecule has 0 saturated heterocycles. The Labute approximate surface area is 133 Å². The van der Waals surface area contributed by atoms with E-state index in [0.29, 0.717) is 12.1 Å². The molecule has 23 heavy (non-hydrogen) atoms. The molecular weight excluding hydrogens is 296 g/mol. The van der Waals surface area contributed by atoms with Crippen molar-refractivity contribution in [2.45, 2.75) is 13.3 Å². The van der Waals surface area contributed by atoms with E-state index >= 15 is 0 Å². The van der Waals surface area contributed by atoms with Crippen LogP contribution in [0.3, 0.4) is 0 Å². The molecule has 0 fully saturated rings. The molecule has 0 atom stereocenters. The van der Waals surface area contributed by atoms with E-state index in [1.807, 2.05) is 37.3 Å². The molecule has 0 aromatic heterocycles. The monoisotopic (exact) mass is 314 g/mol. The highest BCUT2D eigenvalue weighted by molar-refractivity contribution is 5.98. The summed E-state index contributed by atoms with van der Waals surface area (Å²) >= 11 is 0. The van der Waals surface area contributed by atoms with E-state index in [-0.39, 0.29) is 0 Å². The van der Waals surface area contributed by atoms with Gasteiger partial charge in [-0.2, -0.15) is 0 Å². The smallest absolute Gasteiger partial charge is 0.338 e. The summed E-state index contributed by atoms with van der Waals surface area (Å²) in [5, 5.41) is 6.49. The molecule has 0 heterocycles. The molecule has 2 N–H and O–H groups in total. The number of esters is 1. The number of imide groups is 1. The minimum absolute atomic E-state index is 0.354. The molecule has 0 aliphatic rings. The van der Waals surface area contributed by atoms with E-state index in [1.165, 1.54) is 0 Å².